The van der Waals surface area contributed by atoms with Crippen LogP contribution in [-0.2, 0) is 4.79 Å². The molecule has 1 aromatic rings. The van der Waals surface area contributed by atoms with E-state index < -0.39 is 5.60 Å². The number of hydrogen-bond donors (Lipinski definition) is 2. The number of carbonyl (C=O) groups excluding carboxylic acids is 1. The lowest BCUT2D eigenvalue weighted by molar-refractivity contribution is -0.114. The fraction of sp³-hybridized carbons (Fsp3) is 0.536. The number of benzene rings is 1. The molecule has 0 radical (unpaired) electrons. The smallest absolute Gasteiger partial charge is 0.156 e. The van der Waals surface area contributed by atoms with Crippen molar-refractivity contribution in [2.45, 2.75) is 76.7 Å². The van der Waals surface area contributed by atoms with Crippen LogP contribution in [0.15, 0.2) is 59.2 Å². The molecule has 164 valence electrons. The van der Waals surface area contributed by atoms with Gasteiger partial charge in [0, 0.05) is 17.8 Å². The quantitative estimate of drug-likeness (QED) is 0.593. The number of hydrogen-bond acceptors (Lipinski definition) is 3. The van der Waals surface area contributed by atoms with Gasteiger partial charge >= 0.3 is 0 Å². The molecule has 2 saturated carbocycles. The molecule has 0 aliphatic heterocycles. The molecular formula is C28H34O3. The van der Waals surface area contributed by atoms with E-state index in [9.17, 15) is 15.0 Å². The minimum atomic E-state index is -0.672. The molecule has 0 bridgehead atoms. The van der Waals surface area contributed by atoms with E-state index in [2.05, 4.69) is 31.2 Å². The maximum Gasteiger partial charge on any atom is 0.156 e. The Hall–Kier alpha value is -2.13. The van der Waals surface area contributed by atoms with Crippen molar-refractivity contribution in [2.24, 2.45) is 17.3 Å². The third-order valence-corrected chi connectivity index (χ3v) is 9.04. The van der Waals surface area contributed by atoms with Crippen LogP contribution in [0.25, 0.3) is 0 Å². The highest BCUT2D eigenvalue weighted by atomic mass is 16.3. The van der Waals surface area contributed by atoms with Crippen LogP contribution in [0.4, 0.5) is 0 Å². The molecule has 31 heavy (non-hydrogen) atoms. The SMILES string of the molecule is C/C=C/C[C@]1(O)CC[C@H]2[C@@H]3CCC4=CC(=O)CCC4=C3[C@@H](c3ccc(O)cc3)C[C@@]21C. The Morgan fingerprint density at radius 2 is 1.90 bits per heavy atom. The zero-order valence-electron chi connectivity index (χ0n) is 18.7. The van der Waals surface area contributed by atoms with Gasteiger partial charge in [0.25, 0.3) is 0 Å². The molecule has 0 amide bonds. The maximum atomic E-state index is 12.1. The molecule has 0 aromatic heterocycles. The summed E-state index contributed by atoms with van der Waals surface area (Å²) in [5, 5.41) is 21.8. The third-order valence-electron chi connectivity index (χ3n) is 9.04. The summed E-state index contributed by atoms with van der Waals surface area (Å²) in [7, 11) is 0. The van der Waals surface area contributed by atoms with Crippen molar-refractivity contribution >= 4 is 5.78 Å². The van der Waals surface area contributed by atoms with E-state index in [1.165, 1.54) is 22.3 Å². The summed E-state index contributed by atoms with van der Waals surface area (Å²) in [4.78, 5) is 12.1. The van der Waals surface area contributed by atoms with Gasteiger partial charge in [-0.1, -0.05) is 36.8 Å². The van der Waals surface area contributed by atoms with E-state index in [1.807, 2.05) is 13.0 Å². The number of aromatic hydroxyl groups is 1. The molecule has 4 aliphatic carbocycles. The molecule has 0 unspecified atom stereocenters. The molecule has 5 rings (SSSR count). The topological polar surface area (TPSA) is 57.5 Å². The molecular weight excluding hydrogens is 384 g/mol. The van der Waals surface area contributed by atoms with Crippen molar-refractivity contribution in [2.75, 3.05) is 0 Å². The summed E-state index contributed by atoms with van der Waals surface area (Å²) in [6.45, 7) is 4.36. The Kier molecular flexibility index (Phi) is 5.01. The van der Waals surface area contributed by atoms with Crippen LogP contribution < -0.4 is 0 Å². The molecule has 0 spiro atoms. The zero-order chi connectivity index (χ0) is 21.8. The first-order chi connectivity index (χ1) is 14.9. The summed E-state index contributed by atoms with van der Waals surface area (Å²) < 4.78 is 0. The Balaban J connectivity index is 1.66. The first kappa shape index (κ1) is 20.8. The first-order valence-corrected chi connectivity index (χ1v) is 12.0. The van der Waals surface area contributed by atoms with Crippen LogP contribution in [0.2, 0.25) is 0 Å². The lowest BCUT2D eigenvalue weighted by Crippen LogP contribution is -2.51. The van der Waals surface area contributed by atoms with Crippen LogP contribution in [0.5, 0.6) is 5.75 Å². The summed E-state index contributed by atoms with van der Waals surface area (Å²) in [5.41, 5.74) is 4.64. The third kappa shape index (κ3) is 3.16. The van der Waals surface area contributed by atoms with Crippen molar-refractivity contribution in [3.8, 4) is 5.75 Å². The highest BCUT2D eigenvalue weighted by Gasteiger charge is 2.62. The number of rotatable bonds is 3. The fourth-order valence-electron chi connectivity index (χ4n) is 7.41. The van der Waals surface area contributed by atoms with Crippen molar-refractivity contribution in [3.05, 3.63) is 64.8 Å². The number of phenolic OH excluding ortho intramolecular Hbond substituents is 1. The van der Waals surface area contributed by atoms with E-state index in [0.717, 1.165) is 44.9 Å². The average Bonchev–Trinajstić information content (AvgIpc) is 3.02. The van der Waals surface area contributed by atoms with Crippen LogP contribution >= 0.6 is 0 Å². The Morgan fingerprint density at radius 3 is 2.65 bits per heavy atom. The van der Waals surface area contributed by atoms with E-state index in [0.29, 0.717) is 18.3 Å². The predicted molar refractivity (Wildman–Crippen MR) is 123 cm³/mol. The largest absolute Gasteiger partial charge is 0.508 e. The molecule has 4 aliphatic rings. The van der Waals surface area contributed by atoms with Crippen molar-refractivity contribution < 1.29 is 15.0 Å². The van der Waals surface area contributed by atoms with E-state index >= 15 is 0 Å². The minimum absolute atomic E-state index is 0.143. The van der Waals surface area contributed by atoms with Crippen molar-refractivity contribution in [1.29, 1.82) is 0 Å². The maximum absolute atomic E-state index is 12.1. The Bertz CT molecular complexity index is 982. The standard InChI is InChI=1S/C28H34O3/c1-3-4-14-28(31)15-13-25-23-11-7-19-16-21(30)10-12-22(19)26(23)24(17-27(25,28)2)18-5-8-20(29)9-6-18/h3-6,8-9,16,23-25,29,31H,7,10-15,17H2,1-2H3/b4-3+/t23-,24+,25-,27-,28-/m0/s1. The number of ketones is 1. The summed E-state index contributed by atoms with van der Waals surface area (Å²) in [6, 6.07) is 7.68. The Labute approximate surface area is 185 Å². The highest BCUT2D eigenvalue weighted by Crippen LogP contribution is 2.67. The predicted octanol–water partition coefficient (Wildman–Crippen LogP) is 5.99. The molecule has 3 heteroatoms. The van der Waals surface area contributed by atoms with Gasteiger partial charge in [0.15, 0.2) is 5.78 Å². The second kappa shape index (κ2) is 7.48. The van der Waals surface area contributed by atoms with Crippen LogP contribution in [0.3, 0.4) is 0 Å². The van der Waals surface area contributed by atoms with Gasteiger partial charge in [-0.15, -0.1) is 0 Å². The second-order valence-electron chi connectivity index (χ2n) is 10.4. The van der Waals surface area contributed by atoms with Crippen LogP contribution in [-0.4, -0.2) is 21.6 Å². The van der Waals surface area contributed by atoms with E-state index in [-0.39, 0.29) is 22.9 Å². The molecule has 1 aromatic carbocycles. The molecule has 3 nitrogen and oxygen atoms in total. The summed E-state index contributed by atoms with van der Waals surface area (Å²) >= 11 is 0. The average molecular weight is 419 g/mol. The summed E-state index contributed by atoms with van der Waals surface area (Å²) in [6.07, 6.45) is 13.2. The number of allylic oxidation sites excluding steroid dienone is 5. The molecule has 2 N–H and O–H groups in total. The number of aliphatic hydroxyl groups is 1. The lowest BCUT2D eigenvalue weighted by atomic mass is 9.51. The number of phenols is 1. The number of carbonyl (C=O) groups is 1. The van der Waals surface area contributed by atoms with Gasteiger partial charge < -0.3 is 10.2 Å². The minimum Gasteiger partial charge on any atom is -0.508 e. The van der Waals surface area contributed by atoms with E-state index in [4.69, 9.17) is 0 Å². The van der Waals surface area contributed by atoms with Crippen LogP contribution in [0.1, 0.15) is 76.7 Å². The molecule has 5 atom stereocenters. The first-order valence-electron chi connectivity index (χ1n) is 12.0. The Morgan fingerprint density at radius 1 is 1.13 bits per heavy atom. The van der Waals surface area contributed by atoms with Crippen LogP contribution in [0, 0.1) is 17.3 Å². The molecule has 2 fully saturated rings. The van der Waals surface area contributed by atoms with Gasteiger partial charge in [0.2, 0.25) is 0 Å². The second-order valence-corrected chi connectivity index (χ2v) is 10.4. The van der Waals surface area contributed by atoms with Gasteiger partial charge in [-0.3, -0.25) is 4.79 Å². The van der Waals surface area contributed by atoms with Gasteiger partial charge in [-0.05, 0) is 98.6 Å². The normalized spacial score (nSPS) is 37.5. The fourth-order valence-corrected chi connectivity index (χ4v) is 7.41. The number of fused-ring (bicyclic) bond motifs is 4. The van der Waals surface area contributed by atoms with Gasteiger partial charge in [0.05, 0.1) is 5.60 Å². The van der Waals surface area contributed by atoms with Crippen molar-refractivity contribution in [1.82, 2.24) is 0 Å². The zero-order valence-corrected chi connectivity index (χ0v) is 18.7. The van der Waals surface area contributed by atoms with Gasteiger partial charge in [-0.2, -0.15) is 0 Å². The molecule has 0 heterocycles. The molecule has 0 saturated heterocycles. The highest BCUT2D eigenvalue weighted by molar-refractivity contribution is 5.93. The van der Waals surface area contributed by atoms with Crippen molar-refractivity contribution in [3.63, 3.8) is 0 Å². The van der Waals surface area contributed by atoms with Gasteiger partial charge in [-0.25, -0.2) is 0 Å². The van der Waals surface area contributed by atoms with Gasteiger partial charge in [0.1, 0.15) is 5.75 Å². The van der Waals surface area contributed by atoms with E-state index in [1.54, 1.807) is 12.1 Å². The lowest BCUT2D eigenvalue weighted by Gasteiger charge is -2.55. The monoisotopic (exact) mass is 418 g/mol. The summed E-state index contributed by atoms with van der Waals surface area (Å²) in [5.74, 6) is 1.74.